The Hall–Kier alpha value is -1.55. The largest absolute Gasteiger partial charge is 0.465 e. The molecule has 0 amide bonds. The molecule has 0 aliphatic carbocycles. The minimum atomic E-state index is -0.249. The maximum Gasteiger partial charge on any atom is 0.337 e. The van der Waals surface area contributed by atoms with Crippen molar-refractivity contribution in [3.8, 4) is 0 Å². The summed E-state index contributed by atoms with van der Waals surface area (Å²) in [6.45, 7) is 6.53. The van der Waals surface area contributed by atoms with Gasteiger partial charge in [-0.3, -0.25) is 0 Å². The molecular formula is C16H22N2O2. The zero-order valence-corrected chi connectivity index (χ0v) is 12.3. The topological polar surface area (TPSA) is 41.6 Å². The molecule has 2 unspecified atom stereocenters. The molecule has 0 saturated carbocycles. The van der Waals surface area contributed by atoms with E-state index in [-0.39, 0.29) is 5.97 Å². The summed E-state index contributed by atoms with van der Waals surface area (Å²) in [5, 5.41) is 3.49. The molecule has 1 saturated heterocycles. The molecule has 1 N–H and O–H groups in total. The molecule has 0 aromatic heterocycles. The second-order valence-corrected chi connectivity index (χ2v) is 5.93. The van der Waals surface area contributed by atoms with Crippen molar-refractivity contribution in [2.45, 2.75) is 38.3 Å². The molecule has 20 heavy (non-hydrogen) atoms. The summed E-state index contributed by atoms with van der Waals surface area (Å²) >= 11 is 0. The molecular weight excluding hydrogens is 252 g/mol. The number of methoxy groups -OCH3 is 1. The van der Waals surface area contributed by atoms with Gasteiger partial charge in [-0.25, -0.2) is 4.79 Å². The van der Waals surface area contributed by atoms with E-state index < -0.39 is 0 Å². The standard InChI is InChI=1S/C16H22N2O2/c1-10(2)18-14-5-4-11(16(19)20-3)8-13(14)12-6-7-17-9-15(12)18/h4-5,8,10,12,15,17H,6-7,9H2,1-3H3. The lowest BCUT2D eigenvalue weighted by atomic mass is 9.88. The molecule has 4 heteroatoms. The SMILES string of the molecule is COC(=O)c1ccc2c(c1)C1CCNCC1N2C(C)C. The number of nitrogens with zero attached hydrogens (tertiary/aromatic N) is 1. The van der Waals surface area contributed by atoms with Crippen LogP contribution in [0.4, 0.5) is 5.69 Å². The number of carbonyl (C=O) groups is 1. The van der Waals surface area contributed by atoms with Gasteiger partial charge in [0.25, 0.3) is 0 Å². The molecule has 0 bridgehead atoms. The number of anilines is 1. The number of carbonyl (C=O) groups excluding carboxylic acids is 1. The third-order valence-electron chi connectivity index (χ3n) is 4.49. The van der Waals surface area contributed by atoms with E-state index in [0.29, 0.717) is 23.6 Å². The van der Waals surface area contributed by atoms with Gasteiger partial charge in [0, 0.05) is 30.2 Å². The molecule has 2 heterocycles. The molecule has 0 spiro atoms. The van der Waals surface area contributed by atoms with Crippen molar-refractivity contribution < 1.29 is 9.53 Å². The predicted octanol–water partition coefficient (Wildman–Crippen LogP) is 2.15. The van der Waals surface area contributed by atoms with E-state index in [1.165, 1.54) is 18.4 Å². The molecule has 0 radical (unpaired) electrons. The van der Waals surface area contributed by atoms with Crippen LogP contribution in [0.1, 0.15) is 42.1 Å². The fraction of sp³-hybridized carbons (Fsp3) is 0.562. The predicted molar refractivity (Wildman–Crippen MR) is 79.4 cm³/mol. The Bertz CT molecular complexity index is 527. The number of benzene rings is 1. The molecule has 2 aliphatic rings. The van der Waals surface area contributed by atoms with Crippen LogP contribution in [-0.4, -0.2) is 38.3 Å². The number of nitrogens with one attached hydrogen (secondary N) is 1. The number of rotatable bonds is 2. The lowest BCUT2D eigenvalue weighted by Gasteiger charge is -2.36. The van der Waals surface area contributed by atoms with Crippen molar-refractivity contribution in [3.63, 3.8) is 0 Å². The fourth-order valence-corrected chi connectivity index (χ4v) is 3.67. The zero-order valence-electron chi connectivity index (χ0n) is 12.3. The fourth-order valence-electron chi connectivity index (χ4n) is 3.67. The molecule has 3 rings (SSSR count). The lowest BCUT2D eigenvalue weighted by molar-refractivity contribution is 0.0600. The van der Waals surface area contributed by atoms with Gasteiger partial charge in [-0.2, -0.15) is 0 Å². The minimum Gasteiger partial charge on any atom is -0.465 e. The first-order valence-electron chi connectivity index (χ1n) is 7.34. The molecule has 4 nitrogen and oxygen atoms in total. The molecule has 2 aliphatic heterocycles. The van der Waals surface area contributed by atoms with Crippen LogP contribution in [0.2, 0.25) is 0 Å². The number of hydrogen-bond donors (Lipinski definition) is 1. The monoisotopic (exact) mass is 274 g/mol. The Labute approximate surface area is 120 Å². The Kier molecular flexibility index (Phi) is 3.42. The van der Waals surface area contributed by atoms with Crippen LogP contribution in [0.15, 0.2) is 18.2 Å². The number of hydrogen-bond acceptors (Lipinski definition) is 4. The zero-order chi connectivity index (χ0) is 14.3. The molecule has 1 aromatic carbocycles. The molecule has 1 fully saturated rings. The van der Waals surface area contributed by atoms with Gasteiger partial charge < -0.3 is 15.0 Å². The summed E-state index contributed by atoms with van der Waals surface area (Å²) in [4.78, 5) is 14.2. The van der Waals surface area contributed by atoms with E-state index in [9.17, 15) is 4.79 Å². The number of fused-ring (bicyclic) bond motifs is 3. The first-order valence-corrected chi connectivity index (χ1v) is 7.34. The summed E-state index contributed by atoms with van der Waals surface area (Å²) < 4.78 is 4.84. The first kappa shape index (κ1) is 13.4. The smallest absolute Gasteiger partial charge is 0.337 e. The van der Waals surface area contributed by atoms with Gasteiger partial charge >= 0.3 is 5.97 Å². The molecule has 108 valence electrons. The summed E-state index contributed by atoms with van der Waals surface area (Å²) in [6.07, 6.45) is 1.13. The van der Waals surface area contributed by atoms with Crippen molar-refractivity contribution in [1.82, 2.24) is 5.32 Å². The van der Waals surface area contributed by atoms with Crippen molar-refractivity contribution in [1.29, 1.82) is 0 Å². The van der Waals surface area contributed by atoms with E-state index in [1.54, 1.807) is 0 Å². The number of piperidine rings is 1. The van der Waals surface area contributed by atoms with Crippen molar-refractivity contribution in [2.75, 3.05) is 25.1 Å². The maximum absolute atomic E-state index is 11.7. The van der Waals surface area contributed by atoms with Crippen LogP contribution in [0, 0.1) is 0 Å². The average molecular weight is 274 g/mol. The maximum atomic E-state index is 11.7. The average Bonchev–Trinajstić information content (AvgIpc) is 2.80. The summed E-state index contributed by atoms with van der Waals surface area (Å²) in [7, 11) is 1.43. The number of ether oxygens (including phenoxy) is 1. The summed E-state index contributed by atoms with van der Waals surface area (Å²) in [5.41, 5.74) is 3.26. The van der Waals surface area contributed by atoms with Gasteiger partial charge in [0.1, 0.15) is 0 Å². The lowest BCUT2D eigenvalue weighted by Crippen LogP contribution is -2.49. The third-order valence-corrected chi connectivity index (χ3v) is 4.49. The highest BCUT2D eigenvalue weighted by Crippen LogP contribution is 2.45. The Morgan fingerprint density at radius 1 is 1.45 bits per heavy atom. The highest BCUT2D eigenvalue weighted by atomic mass is 16.5. The van der Waals surface area contributed by atoms with Crippen LogP contribution in [0.25, 0.3) is 0 Å². The Morgan fingerprint density at radius 3 is 2.95 bits per heavy atom. The van der Waals surface area contributed by atoms with Crippen LogP contribution in [0.5, 0.6) is 0 Å². The Morgan fingerprint density at radius 2 is 2.25 bits per heavy atom. The second kappa shape index (κ2) is 5.09. The second-order valence-electron chi connectivity index (χ2n) is 5.93. The van der Waals surface area contributed by atoms with Crippen LogP contribution >= 0.6 is 0 Å². The van der Waals surface area contributed by atoms with Gasteiger partial charge in [0.15, 0.2) is 0 Å². The van der Waals surface area contributed by atoms with Crippen molar-refractivity contribution in [3.05, 3.63) is 29.3 Å². The number of esters is 1. The van der Waals surface area contributed by atoms with Crippen molar-refractivity contribution in [2.24, 2.45) is 0 Å². The van der Waals surface area contributed by atoms with Gasteiger partial charge in [-0.1, -0.05) is 0 Å². The summed E-state index contributed by atoms with van der Waals surface area (Å²) in [6, 6.07) is 6.97. The van der Waals surface area contributed by atoms with Gasteiger partial charge in [0.05, 0.1) is 12.7 Å². The Balaban J connectivity index is 2.04. The third kappa shape index (κ3) is 1.99. The van der Waals surface area contributed by atoms with Crippen LogP contribution in [-0.2, 0) is 4.74 Å². The van der Waals surface area contributed by atoms with Gasteiger partial charge in [0.2, 0.25) is 0 Å². The molecule has 2 atom stereocenters. The van der Waals surface area contributed by atoms with Crippen LogP contribution in [0.3, 0.4) is 0 Å². The van der Waals surface area contributed by atoms with Gasteiger partial charge in [-0.05, 0) is 50.6 Å². The van der Waals surface area contributed by atoms with Crippen molar-refractivity contribution >= 4 is 11.7 Å². The minimum absolute atomic E-state index is 0.249. The highest BCUT2D eigenvalue weighted by Gasteiger charge is 2.40. The van der Waals surface area contributed by atoms with E-state index in [4.69, 9.17) is 4.74 Å². The normalized spacial score (nSPS) is 24.5. The molecule has 1 aromatic rings. The van der Waals surface area contributed by atoms with E-state index >= 15 is 0 Å². The first-order chi connectivity index (χ1) is 9.63. The van der Waals surface area contributed by atoms with E-state index in [1.807, 2.05) is 12.1 Å². The van der Waals surface area contributed by atoms with E-state index in [0.717, 1.165) is 19.5 Å². The van der Waals surface area contributed by atoms with Crippen LogP contribution < -0.4 is 10.2 Å². The highest BCUT2D eigenvalue weighted by molar-refractivity contribution is 5.90. The quantitative estimate of drug-likeness (QED) is 0.839. The summed E-state index contributed by atoms with van der Waals surface area (Å²) in [5.74, 6) is 0.277. The van der Waals surface area contributed by atoms with E-state index in [2.05, 4.69) is 30.1 Å². The van der Waals surface area contributed by atoms with Gasteiger partial charge in [-0.15, -0.1) is 0 Å².